The van der Waals surface area contributed by atoms with Crippen LogP contribution < -0.4 is 5.73 Å². The third-order valence-corrected chi connectivity index (χ3v) is 1.07. The van der Waals surface area contributed by atoms with Gasteiger partial charge in [0, 0.05) is 0 Å². The van der Waals surface area contributed by atoms with Crippen LogP contribution in [0, 0.1) is 0 Å². The summed E-state index contributed by atoms with van der Waals surface area (Å²) in [5.41, 5.74) is 3.64. The van der Waals surface area contributed by atoms with E-state index in [1.165, 1.54) is 0 Å². The molecular weight excluding hydrogens is 158 g/mol. The first-order valence-corrected chi connectivity index (χ1v) is 2.65. The maximum atomic E-state index is 11.9. The summed E-state index contributed by atoms with van der Waals surface area (Å²) >= 11 is 0. The summed E-state index contributed by atoms with van der Waals surface area (Å²) in [4.78, 5) is 10.4. The van der Waals surface area contributed by atoms with Gasteiger partial charge in [-0.15, -0.1) is 0 Å². The number of nitrogens with zero attached hydrogens (tertiary/aromatic N) is 1. The second-order valence-corrected chi connectivity index (χ2v) is 1.78. The molecule has 2 N–H and O–H groups in total. The first-order valence-electron chi connectivity index (χ1n) is 2.65. The smallest absolute Gasteiger partial charge is 0.284 e. The van der Waals surface area contributed by atoms with Crippen LogP contribution in [0.1, 0.15) is 22.5 Å². The van der Waals surface area contributed by atoms with Gasteiger partial charge in [-0.2, -0.15) is 0 Å². The Hall–Kier alpha value is -1.46. The average molecular weight is 162 g/mol. The molecule has 1 aromatic rings. The lowest BCUT2D eigenvalue weighted by atomic mass is 10.2. The van der Waals surface area contributed by atoms with Gasteiger partial charge in [-0.25, -0.2) is 8.78 Å². The van der Waals surface area contributed by atoms with Gasteiger partial charge in [0.15, 0.2) is 5.69 Å². The minimum atomic E-state index is -2.84. The quantitative estimate of drug-likeness (QED) is 0.696. The summed E-state index contributed by atoms with van der Waals surface area (Å²) < 4.78 is 27.9. The number of alkyl halides is 2. The number of halogens is 2. The molecule has 0 aliphatic rings. The molecule has 0 aliphatic heterocycles. The van der Waals surface area contributed by atoms with Gasteiger partial charge in [0.1, 0.15) is 11.8 Å². The molecule has 0 bridgehead atoms. The van der Waals surface area contributed by atoms with Gasteiger partial charge in [-0.3, -0.25) is 4.79 Å². The Labute approximate surface area is 60.0 Å². The predicted octanol–water partition coefficient (Wildman–Crippen LogP) is 0.711. The van der Waals surface area contributed by atoms with Gasteiger partial charge in [0.2, 0.25) is 0 Å². The third kappa shape index (κ3) is 1.34. The van der Waals surface area contributed by atoms with Crippen LogP contribution in [0.3, 0.4) is 0 Å². The molecule has 0 radical (unpaired) electrons. The van der Waals surface area contributed by atoms with E-state index in [4.69, 9.17) is 5.73 Å². The standard InChI is InChI=1S/C5H4F2N2O2/c6-4(7)3-2(5(8)10)1-11-9-3/h1,4H,(H2,8,10). The number of rotatable bonds is 2. The fourth-order valence-electron chi connectivity index (χ4n) is 0.587. The molecular formula is C5H4F2N2O2. The zero-order valence-corrected chi connectivity index (χ0v) is 5.25. The maximum Gasteiger partial charge on any atom is 0.284 e. The van der Waals surface area contributed by atoms with Gasteiger partial charge in [-0.05, 0) is 0 Å². The second-order valence-electron chi connectivity index (χ2n) is 1.78. The highest BCUT2D eigenvalue weighted by Gasteiger charge is 2.20. The zero-order valence-electron chi connectivity index (χ0n) is 5.25. The molecule has 0 aromatic carbocycles. The van der Waals surface area contributed by atoms with E-state index in [9.17, 15) is 13.6 Å². The average Bonchev–Trinajstić information content (AvgIpc) is 2.32. The van der Waals surface area contributed by atoms with E-state index in [2.05, 4.69) is 9.68 Å². The predicted molar refractivity (Wildman–Crippen MR) is 30.0 cm³/mol. The Morgan fingerprint density at radius 1 is 1.73 bits per heavy atom. The molecule has 0 saturated carbocycles. The Bertz CT molecular complexity index is 271. The molecule has 1 heterocycles. The van der Waals surface area contributed by atoms with Crippen LogP contribution in [0.5, 0.6) is 0 Å². The highest BCUT2D eigenvalue weighted by molar-refractivity contribution is 5.93. The molecule has 0 saturated heterocycles. The Morgan fingerprint density at radius 3 is 2.73 bits per heavy atom. The summed E-state index contributed by atoms with van der Waals surface area (Å²) in [7, 11) is 0. The molecule has 0 atom stereocenters. The fraction of sp³-hybridized carbons (Fsp3) is 0.200. The molecule has 1 amide bonds. The highest BCUT2D eigenvalue weighted by Crippen LogP contribution is 2.20. The Kier molecular flexibility index (Phi) is 1.84. The summed E-state index contributed by atoms with van der Waals surface area (Å²) in [6, 6.07) is 0. The topological polar surface area (TPSA) is 69.1 Å². The highest BCUT2D eigenvalue weighted by atomic mass is 19.3. The molecule has 4 nitrogen and oxygen atoms in total. The van der Waals surface area contributed by atoms with Crippen LogP contribution in [-0.4, -0.2) is 11.1 Å². The van der Waals surface area contributed by atoms with Gasteiger partial charge in [0.05, 0.1) is 0 Å². The minimum absolute atomic E-state index is 0.375. The molecule has 1 aromatic heterocycles. The van der Waals surface area contributed by atoms with Crippen LogP contribution in [0.25, 0.3) is 0 Å². The summed E-state index contributed by atoms with van der Waals surface area (Å²) in [5, 5.41) is 2.91. The van der Waals surface area contributed by atoms with Gasteiger partial charge in [0.25, 0.3) is 12.3 Å². The number of hydrogen-bond acceptors (Lipinski definition) is 3. The van der Waals surface area contributed by atoms with Crippen molar-refractivity contribution in [1.29, 1.82) is 0 Å². The van der Waals surface area contributed by atoms with Crippen molar-refractivity contribution in [2.24, 2.45) is 5.73 Å². The van der Waals surface area contributed by atoms with Gasteiger partial charge in [-0.1, -0.05) is 5.16 Å². The van der Waals surface area contributed by atoms with E-state index in [1.807, 2.05) is 0 Å². The van der Waals surface area contributed by atoms with Crippen molar-refractivity contribution in [3.8, 4) is 0 Å². The van der Waals surface area contributed by atoms with E-state index in [0.29, 0.717) is 0 Å². The molecule has 0 fully saturated rings. The van der Waals surface area contributed by atoms with Gasteiger partial charge >= 0.3 is 0 Å². The van der Waals surface area contributed by atoms with Crippen molar-refractivity contribution in [1.82, 2.24) is 5.16 Å². The molecule has 0 unspecified atom stereocenters. The number of aromatic nitrogens is 1. The second kappa shape index (κ2) is 2.65. The zero-order chi connectivity index (χ0) is 8.43. The largest absolute Gasteiger partial charge is 0.365 e. The van der Waals surface area contributed by atoms with Crippen molar-refractivity contribution in [2.45, 2.75) is 6.43 Å². The lowest BCUT2D eigenvalue weighted by molar-refractivity contribution is 0.0985. The SMILES string of the molecule is NC(=O)c1conc1C(F)F. The van der Waals surface area contributed by atoms with Crippen molar-refractivity contribution in [3.63, 3.8) is 0 Å². The van der Waals surface area contributed by atoms with Crippen molar-refractivity contribution >= 4 is 5.91 Å². The van der Waals surface area contributed by atoms with Crippen LogP contribution in [0.2, 0.25) is 0 Å². The third-order valence-electron chi connectivity index (χ3n) is 1.07. The number of carbonyl (C=O) groups excluding carboxylic acids is 1. The summed E-state index contributed by atoms with van der Waals surface area (Å²) in [6.07, 6.45) is -2.04. The van der Waals surface area contributed by atoms with Crippen LogP contribution in [-0.2, 0) is 0 Å². The van der Waals surface area contributed by atoms with Crippen molar-refractivity contribution in [3.05, 3.63) is 17.5 Å². The number of amides is 1. The number of nitrogens with two attached hydrogens (primary N) is 1. The molecule has 0 spiro atoms. The molecule has 11 heavy (non-hydrogen) atoms. The molecule has 6 heteroatoms. The monoisotopic (exact) mass is 162 g/mol. The van der Waals surface area contributed by atoms with Crippen LogP contribution >= 0.6 is 0 Å². The summed E-state index contributed by atoms with van der Waals surface area (Å²) in [6.45, 7) is 0. The summed E-state index contributed by atoms with van der Waals surface area (Å²) in [5.74, 6) is -0.971. The first-order chi connectivity index (χ1) is 5.13. The molecule has 1 rings (SSSR count). The molecule has 0 aliphatic carbocycles. The minimum Gasteiger partial charge on any atom is -0.365 e. The normalized spacial score (nSPS) is 10.5. The van der Waals surface area contributed by atoms with E-state index < -0.39 is 18.0 Å². The molecule has 60 valence electrons. The maximum absolute atomic E-state index is 11.9. The van der Waals surface area contributed by atoms with Gasteiger partial charge < -0.3 is 10.3 Å². The Morgan fingerprint density at radius 2 is 2.36 bits per heavy atom. The van der Waals surface area contributed by atoms with E-state index >= 15 is 0 Å². The van der Waals surface area contributed by atoms with Crippen molar-refractivity contribution in [2.75, 3.05) is 0 Å². The number of carbonyl (C=O) groups is 1. The van der Waals surface area contributed by atoms with Crippen LogP contribution in [0.15, 0.2) is 10.8 Å². The van der Waals surface area contributed by atoms with E-state index in [1.54, 1.807) is 0 Å². The van der Waals surface area contributed by atoms with Crippen LogP contribution in [0.4, 0.5) is 8.78 Å². The van der Waals surface area contributed by atoms with E-state index in [0.717, 1.165) is 6.26 Å². The lowest BCUT2D eigenvalue weighted by Crippen LogP contribution is -2.12. The fourth-order valence-corrected chi connectivity index (χ4v) is 0.587. The number of hydrogen-bond donors (Lipinski definition) is 1. The van der Waals surface area contributed by atoms with Crippen molar-refractivity contribution < 1.29 is 18.1 Å². The number of primary amides is 1. The van der Waals surface area contributed by atoms with E-state index in [-0.39, 0.29) is 5.56 Å². The lowest BCUT2D eigenvalue weighted by Gasteiger charge is -1.92. The first kappa shape index (κ1) is 7.64. The Balaban J connectivity index is 3.06.